The van der Waals surface area contributed by atoms with Crippen LogP contribution >= 0.6 is 0 Å². The van der Waals surface area contributed by atoms with Crippen LogP contribution in [-0.2, 0) is 14.2 Å². The van der Waals surface area contributed by atoms with Gasteiger partial charge in [-0.05, 0) is 65.2 Å². The van der Waals surface area contributed by atoms with Gasteiger partial charge in [-0.25, -0.2) is 4.79 Å². The average molecular weight is 425 g/mol. The standard InChI is InChI=1S/C20H34F3NO5/c1-19(2,3)29-18(26)24-12-14(13-24)9-17(20(21,22)23)28-8-6-4-5-7-27-16-10-15(25)11-16/h14-17,25H,4-13H2,1-3H3/t15-,16-,17?. The largest absolute Gasteiger partial charge is 0.444 e. The maximum absolute atomic E-state index is 13.2. The quantitative estimate of drug-likeness (QED) is 0.538. The van der Waals surface area contributed by atoms with Crippen molar-refractivity contribution in [3.8, 4) is 0 Å². The van der Waals surface area contributed by atoms with Gasteiger partial charge in [0.15, 0.2) is 6.10 Å². The van der Waals surface area contributed by atoms with Gasteiger partial charge in [-0.2, -0.15) is 13.2 Å². The zero-order valence-corrected chi connectivity index (χ0v) is 17.5. The Morgan fingerprint density at radius 3 is 2.28 bits per heavy atom. The predicted octanol–water partition coefficient (Wildman–Crippen LogP) is 3.90. The number of rotatable bonds is 10. The summed E-state index contributed by atoms with van der Waals surface area (Å²) in [5.41, 5.74) is -0.621. The molecule has 0 bridgehead atoms. The SMILES string of the molecule is CC(C)(C)OC(=O)N1CC(CC(OCCCCCO[C@H]2C[C@H](O)C2)C(F)(F)F)C1. The summed E-state index contributed by atoms with van der Waals surface area (Å²) in [4.78, 5) is 13.3. The lowest BCUT2D eigenvalue weighted by Crippen LogP contribution is -2.53. The van der Waals surface area contributed by atoms with Crippen molar-refractivity contribution in [2.24, 2.45) is 5.92 Å². The van der Waals surface area contributed by atoms with Crippen LogP contribution in [0.5, 0.6) is 0 Å². The number of aliphatic hydroxyl groups excluding tert-OH is 1. The normalized spacial score (nSPS) is 24.0. The predicted molar refractivity (Wildman–Crippen MR) is 101 cm³/mol. The number of aliphatic hydroxyl groups is 1. The number of carbonyl (C=O) groups is 1. The Morgan fingerprint density at radius 1 is 1.10 bits per heavy atom. The van der Waals surface area contributed by atoms with Crippen LogP contribution in [0.3, 0.4) is 0 Å². The Bertz CT molecular complexity index is 511. The first-order valence-corrected chi connectivity index (χ1v) is 10.4. The van der Waals surface area contributed by atoms with Gasteiger partial charge in [-0.1, -0.05) is 0 Å². The molecule has 1 aliphatic heterocycles. The van der Waals surface area contributed by atoms with Gasteiger partial charge in [0.1, 0.15) is 5.60 Å². The van der Waals surface area contributed by atoms with Crippen molar-refractivity contribution in [2.45, 2.75) is 89.4 Å². The van der Waals surface area contributed by atoms with Gasteiger partial charge < -0.3 is 24.2 Å². The van der Waals surface area contributed by atoms with Crippen molar-refractivity contribution < 1.29 is 37.3 Å². The number of alkyl halides is 3. The van der Waals surface area contributed by atoms with Gasteiger partial charge >= 0.3 is 12.3 Å². The number of hydrogen-bond donors (Lipinski definition) is 1. The van der Waals surface area contributed by atoms with Crippen LogP contribution < -0.4 is 0 Å². The van der Waals surface area contributed by atoms with Crippen LogP contribution in [0.2, 0.25) is 0 Å². The second-order valence-electron chi connectivity index (χ2n) is 9.07. The molecule has 2 rings (SSSR count). The van der Waals surface area contributed by atoms with Gasteiger partial charge in [0.25, 0.3) is 0 Å². The van der Waals surface area contributed by atoms with E-state index >= 15 is 0 Å². The Hall–Kier alpha value is -1.06. The van der Waals surface area contributed by atoms with Crippen LogP contribution in [0.1, 0.15) is 59.3 Å². The molecule has 0 spiro atoms. The summed E-state index contributed by atoms with van der Waals surface area (Å²) in [6.45, 7) is 6.38. The lowest BCUT2D eigenvalue weighted by atomic mass is 9.92. The van der Waals surface area contributed by atoms with Crippen molar-refractivity contribution in [3.05, 3.63) is 0 Å². The fourth-order valence-electron chi connectivity index (χ4n) is 3.32. The zero-order valence-electron chi connectivity index (χ0n) is 17.5. The summed E-state index contributed by atoms with van der Waals surface area (Å²) in [5.74, 6) is -0.236. The molecule has 1 atom stereocenters. The summed E-state index contributed by atoms with van der Waals surface area (Å²) in [5, 5.41) is 9.17. The van der Waals surface area contributed by atoms with E-state index in [0.717, 1.165) is 12.8 Å². The molecule has 0 radical (unpaired) electrons. The molecular weight excluding hydrogens is 391 g/mol. The maximum atomic E-state index is 13.2. The van der Waals surface area contributed by atoms with E-state index in [1.165, 1.54) is 4.90 Å². The van der Waals surface area contributed by atoms with Crippen LogP contribution in [0.4, 0.5) is 18.0 Å². The molecule has 170 valence electrons. The first-order chi connectivity index (χ1) is 13.4. The molecule has 1 amide bonds. The number of likely N-dealkylation sites (tertiary alicyclic amines) is 1. The molecule has 0 aromatic carbocycles. The number of nitrogens with zero attached hydrogens (tertiary/aromatic N) is 1. The van der Waals surface area contributed by atoms with Gasteiger partial charge in [0.05, 0.1) is 12.2 Å². The van der Waals surface area contributed by atoms with Crippen molar-refractivity contribution in [2.75, 3.05) is 26.3 Å². The highest BCUT2D eigenvalue weighted by atomic mass is 19.4. The Kier molecular flexibility index (Phi) is 8.60. The summed E-state index contributed by atoms with van der Waals surface area (Å²) in [7, 11) is 0. The first kappa shape index (κ1) is 24.2. The van der Waals surface area contributed by atoms with E-state index in [2.05, 4.69) is 0 Å². The third kappa shape index (κ3) is 8.68. The number of halogens is 3. The Morgan fingerprint density at radius 2 is 1.72 bits per heavy atom. The Balaban J connectivity index is 1.58. The van der Waals surface area contributed by atoms with Crippen LogP contribution in [-0.4, -0.2) is 72.5 Å². The third-order valence-electron chi connectivity index (χ3n) is 5.05. The molecule has 0 aromatic heterocycles. The van der Waals surface area contributed by atoms with E-state index in [-0.39, 0.29) is 44.2 Å². The zero-order chi connectivity index (χ0) is 21.7. The van der Waals surface area contributed by atoms with E-state index in [0.29, 0.717) is 25.9 Å². The van der Waals surface area contributed by atoms with Crippen LogP contribution in [0, 0.1) is 5.92 Å². The minimum atomic E-state index is -4.42. The Labute approximate surface area is 170 Å². The molecule has 6 nitrogen and oxygen atoms in total. The number of amides is 1. The fourth-order valence-corrected chi connectivity index (χ4v) is 3.32. The van der Waals surface area contributed by atoms with E-state index in [4.69, 9.17) is 19.3 Å². The van der Waals surface area contributed by atoms with Crippen molar-refractivity contribution in [1.29, 1.82) is 0 Å². The molecule has 1 heterocycles. The highest BCUT2D eigenvalue weighted by molar-refractivity contribution is 5.69. The second kappa shape index (κ2) is 10.3. The number of hydrogen-bond acceptors (Lipinski definition) is 5. The van der Waals surface area contributed by atoms with Crippen molar-refractivity contribution >= 4 is 6.09 Å². The summed E-state index contributed by atoms with van der Waals surface area (Å²) in [6.07, 6.45) is -3.60. The molecule has 0 aromatic rings. The van der Waals surface area contributed by atoms with Crippen molar-refractivity contribution in [3.63, 3.8) is 0 Å². The molecular formula is C20H34F3NO5. The monoisotopic (exact) mass is 425 g/mol. The summed E-state index contributed by atoms with van der Waals surface area (Å²) < 4.78 is 55.6. The molecule has 2 fully saturated rings. The van der Waals surface area contributed by atoms with E-state index < -0.39 is 24.0 Å². The van der Waals surface area contributed by atoms with E-state index in [1.54, 1.807) is 20.8 Å². The fraction of sp³-hybridized carbons (Fsp3) is 0.950. The topological polar surface area (TPSA) is 68.2 Å². The third-order valence-corrected chi connectivity index (χ3v) is 5.05. The van der Waals surface area contributed by atoms with E-state index in [9.17, 15) is 18.0 Å². The molecule has 1 aliphatic carbocycles. The number of unbranched alkanes of at least 4 members (excludes halogenated alkanes) is 2. The van der Waals surface area contributed by atoms with Gasteiger partial charge in [-0.15, -0.1) is 0 Å². The molecule has 2 aliphatic rings. The number of carbonyl (C=O) groups excluding carboxylic acids is 1. The van der Waals surface area contributed by atoms with Crippen LogP contribution in [0.25, 0.3) is 0 Å². The lowest BCUT2D eigenvalue weighted by molar-refractivity contribution is -0.227. The van der Waals surface area contributed by atoms with Crippen molar-refractivity contribution in [1.82, 2.24) is 4.90 Å². The summed E-state index contributed by atoms with van der Waals surface area (Å²) >= 11 is 0. The highest BCUT2D eigenvalue weighted by Crippen LogP contribution is 2.32. The van der Waals surface area contributed by atoms with Gasteiger partial charge in [0.2, 0.25) is 0 Å². The molecule has 9 heteroatoms. The van der Waals surface area contributed by atoms with Crippen LogP contribution in [0.15, 0.2) is 0 Å². The summed E-state index contributed by atoms with van der Waals surface area (Å²) in [6, 6.07) is 0. The molecule has 1 N–H and O–H groups in total. The smallest absolute Gasteiger partial charge is 0.414 e. The van der Waals surface area contributed by atoms with Gasteiger partial charge in [0, 0.05) is 26.3 Å². The molecule has 1 saturated carbocycles. The first-order valence-electron chi connectivity index (χ1n) is 10.4. The highest BCUT2D eigenvalue weighted by Gasteiger charge is 2.45. The minimum absolute atomic E-state index is 0.0504. The molecule has 1 unspecified atom stereocenters. The molecule has 29 heavy (non-hydrogen) atoms. The average Bonchev–Trinajstić information content (AvgIpc) is 2.49. The maximum Gasteiger partial charge on any atom is 0.414 e. The van der Waals surface area contributed by atoms with E-state index in [1.807, 2.05) is 0 Å². The van der Waals surface area contributed by atoms with Gasteiger partial charge in [-0.3, -0.25) is 0 Å². The number of ether oxygens (including phenoxy) is 3. The second-order valence-corrected chi connectivity index (χ2v) is 9.07. The minimum Gasteiger partial charge on any atom is -0.444 e. The lowest BCUT2D eigenvalue weighted by Gasteiger charge is -2.41. The molecule has 1 saturated heterocycles.